The maximum Gasteiger partial charge on any atom is 0.301 e. The minimum absolute atomic E-state index is 0.0386. The second-order valence-corrected chi connectivity index (χ2v) is 10.5. The zero-order chi connectivity index (χ0) is 24.2. The highest BCUT2D eigenvalue weighted by Gasteiger charge is 2.33. The Bertz CT molecular complexity index is 1130. The molecule has 0 spiro atoms. The lowest BCUT2D eigenvalue weighted by Gasteiger charge is -2.31. The van der Waals surface area contributed by atoms with Crippen LogP contribution in [0.5, 0.6) is 0 Å². The highest BCUT2D eigenvalue weighted by atomic mass is 127. The summed E-state index contributed by atoms with van der Waals surface area (Å²) in [6.07, 6.45) is 1.78. The Hall–Kier alpha value is -2.06. The number of nitrogens with one attached hydrogen (secondary N) is 3. The van der Waals surface area contributed by atoms with Crippen LogP contribution in [0.25, 0.3) is 0 Å². The van der Waals surface area contributed by atoms with Crippen molar-refractivity contribution in [3.05, 3.63) is 51.4 Å². The highest BCUT2D eigenvalue weighted by molar-refractivity contribution is 14.1. The quantitative estimate of drug-likeness (QED) is 0.396. The van der Waals surface area contributed by atoms with E-state index in [0.29, 0.717) is 23.0 Å². The summed E-state index contributed by atoms with van der Waals surface area (Å²) in [5, 5.41) is 5.21. The van der Waals surface area contributed by atoms with Gasteiger partial charge in [0.1, 0.15) is 11.5 Å². The molecule has 1 heterocycles. The standard InChI is InChI=1S/C21H24F3IN4O3S/c1-2-9-26-21(30)13-4-3-10-29(12-13)33(31,32)28-18-8-6-15(22)19(24)20(18)27-17-7-5-14(25)11-16(17)23/h5-8,11,13,27-28H,2-4,9-10,12H2,1H3,(H,26,30). The van der Waals surface area contributed by atoms with Gasteiger partial charge in [0.05, 0.1) is 17.3 Å². The van der Waals surface area contributed by atoms with Gasteiger partial charge in [-0.15, -0.1) is 0 Å². The first kappa shape index (κ1) is 25.6. The van der Waals surface area contributed by atoms with E-state index in [2.05, 4.69) is 15.4 Å². The van der Waals surface area contributed by atoms with Gasteiger partial charge in [0.25, 0.3) is 0 Å². The average molecular weight is 596 g/mol. The molecule has 180 valence electrons. The maximum absolute atomic E-state index is 14.6. The molecule has 2 aromatic rings. The normalized spacial score (nSPS) is 16.9. The van der Waals surface area contributed by atoms with E-state index >= 15 is 0 Å². The molecule has 1 unspecified atom stereocenters. The molecule has 3 N–H and O–H groups in total. The first-order valence-electron chi connectivity index (χ1n) is 10.4. The van der Waals surface area contributed by atoms with E-state index in [9.17, 15) is 26.4 Å². The summed E-state index contributed by atoms with van der Waals surface area (Å²) in [5.41, 5.74) is -0.983. The van der Waals surface area contributed by atoms with Gasteiger partial charge in [-0.25, -0.2) is 13.2 Å². The summed E-state index contributed by atoms with van der Waals surface area (Å²) in [6, 6.07) is 5.92. The predicted molar refractivity (Wildman–Crippen MR) is 129 cm³/mol. The third-order valence-electron chi connectivity index (χ3n) is 5.17. The molecule has 1 aliphatic rings. The molecule has 3 rings (SSSR count). The summed E-state index contributed by atoms with van der Waals surface area (Å²) in [7, 11) is -4.21. The van der Waals surface area contributed by atoms with Crippen molar-refractivity contribution in [3.63, 3.8) is 0 Å². The summed E-state index contributed by atoms with van der Waals surface area (Å²) in [4.78, 5) is 12.3. The second kappa shape index (κ2) is 10.9. The number of carbonyl (C=O) groups is 1. The smallest absolute Gasteiger partial charge is 0.301 e. The van der Waals surface area contributed by atoms with E-state index in [-0.39, 0.29) is 30.4 Å². The zero-order valence-corrected chi connectivity index (χ0v) is 20.8. The van der Waals surface area contributed by atoms with Crippen LogP contribution in [-0.2, 0) is 15.0 Å². The van der Waals surface area contributed by atoms with Crippen LogP contribution < -0.4 is 15.4 Å². The van der Waals surface area contributed by atoms with Crippen molar-refractivity contribution in [2.45, 2.75) is 26.2 Å². The van der Waals surface area contributed by atoms with Crippen LogP contribution in [0.1, 0.15) is 26.2 Å². The van der Waals surface area contributed by atoms with Gasteiger partial charge in [0.2, 0.25) is 5.91 Å². The molecule has 0 saturated carbocycles. The number of nitrogens with zero attached hydrogens (tertiary/aromatic N) is 1. The molecule has 0 aliphatic carbocycles. The number of hydrogen-bond donors (Lipinski definition) is 3. The van der Waals surface area contributed by atoms with Crippen LogP contribution in [-0.4, -0.2) is 38.3 Å². The van der Waals surface area contributed by atoms with Crippen molar-refractivity contribution >= 4 is 55.8 Å². The van der Waals surface area contributed by atoms with Crippen LogP contribution in [0, 0.1) is 26.9 Å². The summed E-state index contributed by atoms with van der Waals surface area (Å²) in [5.74, 6) is -4.02. The van der Waals surface area contributed by atoms with Crippen molar-refractivity contribution in [1.82, 2.24) is 9.62 Å². The fraction of sp³-hybridized carbons (Fsp3) is 0.381. The molecule has 0 bridgehead atoms. The number of carbonyl (C=O) groups excluding carboxylic acids is 1. The third kappa shape index (κ3) is 6.29. The molecule has 1 aliphatic heterocycles. The minimum atomic E-state index is -4.21. The van der Waals surface area contributed by atoms with Gasteiger partial charge in [0.15, 0.2) is 11.6 Å². The van der Waals surface area contributed by atoms with E-state index in [1.54, 1.807) is 6.07 Å². The molecule has 0 radical (unpaired) electrons. The van der Waals surface area contributed by atoms with E-state index in [1.807, 2.05) is 29.5 Å². The molecule has 1 atom stereocenters. The van der Waals surface area contributed by atoms with Crippen molar-refractivity contribution in [2.75, 3.05) is 29.7 Å². The number of hydrogen-bond acceptors (Lipinski definition) is 4. The van der Waals surface area contributed by atoms with E-state index < -0.39 is 39.3 Å². The topological polar surface area (TPSA) is 90.5 Å². The fourth-order valence-corrected chi connectivity index (χ4v) is 5.23. The maximum atomic E-state index is 14.6. The molecule has 7 nitrogen and oxygen atoms in total. The monoisotopic (exact) mass is 596 g/mol. The van der Waals surface area contributed by atoms with Gasteiger partial charge in [-0.2, -0.15) is 12.7 Å². The van der Waals surface area contributed by atoms with E-state index in [1.165, 1.54) is 12.1 Å². The van der Waals surface area contributed by atoms with Crippen molar-refractivity contribution in [1.29, 1.82) is 0 Å². The first-order chi connectivity index (χ1) is 15.6. The number of amides is 1. The van der Waals surface area contributed by atoms with Crippen LogP contribution in [0.15, 0.2) is 30.3 Å². The van der Waals surface area contributed by atoms with Gasteiger partial charge < -0.3 is 10.6 Å². The number of piperidine rings is 1. The van der Waals surface area contributed by atoms with Crippen LogP contribution >= 0.6 is 22.6 Å². The van der Waals surface area contributed by atoms with Gasteiger partial charge in [0, 0.05) is 23.2 Å². The Labute approximate surface area is 204 Å². The Morgan fingerprint density at radius 3 is 2.58 bits per heavy atom. The van der Waals surface area contributed by atoms with Gasteiger partial charge >= 0.3 is 10.2 Å². The number of benzene rings is 2. The van der Waals surface area contributed by atoms with Crippen molar-refractivity contribution < 1.29 is 26.4 Å². The molecular weight excluding hydrogens is 572 g/mol. The number of rotatable bonds is 8. The Morgan fingerprint density at radius 2 is 1.88 bits per heavy atom. The summed E-state index contributed by atoms with van der Waals surface area (Å²) >= 11 is 1.90. The molecule has 12 heteroatoms. The number of anilines is 3. The zero-order valence-electron chi connectivity index (χ0n) is 17.8. The lowest BCUT2D eigenvalue weighted by molar-refractivity contribution is -0.126. The molecule has 0 aromatic heterocycles. The van der Waals surface area contributed by atoms with Crippen molar-refractivity contribution in [2.24, 2.45) is 5.92 Å². The van der Waals surface area contributed by atoms with Gasteiger partial charge in [-0.1, -0.05) is 6.92 Å². The van der Waals surface area contributed by atoms with Crippen LogP contribution in [0.2, 0.25) is 0 Å². The predicted octanol–water partition coefficient (Wildman–Crippen LogP) is 4.35. The van der Waals surface area contributed by atoms with E-state index in [0.717, 1.165) is 22.9 Å². The number of halogens is 4. The Kier molecular flexibility index (Phi) is 8.45. The van der Waals surface area contributed by atoms with E-state index in [4.69, 9.17) is 0 Å². The van der Waals surface area contributed by atoms with Gasteiger partial charge in [-0.05, 0) is 72.2 Å². The summed E-state index contributed by atoms with van der Waals surface area (Å²) in [6.45, 7) is 2.55. The molecular formula is C21H24F3IN4O3S. The lowest BCUT2D eigenvalue weighted by Crippen LogP contribution is -2.47. The molecule has 1 amide bonds. The van der Waals surface area contributed by atoms with Crippen LogP contribution in [0.4, 0.5) is 30.2 Å². The fourth-order valence-electron chi connectivity index (χ4n) is 3.45. The second-order valence-electron chi connectivity index (χ2n) is 7.63. The Morgan fingerprint density at radius 1 is 1.15 bits per heavy atom. The molecule has 33 heavy (non-hydrogen) atoms. The molecule has 1 fully saturated rings. The largest absolute Gasteiger partial charge is 0.356 e. The minimum Gasteiger partial charge on any atom is -0.356 e. The highest BCUT2D eigenvalue weighted by Crippen LogP contribution is 2.33. The van der Waals surface area contributed by atoms with Gasteiger partial charge in [-0.3, -0.25) is 9.52 Å². The lowest BCUT2D eigenvalue weighted by atomic mass is 9.99. The van der Waals surface area contributed by atoms with Crippen molar-refractivity contribution in [3.8, 4) is 0 Å². The SMILES string of the molecule is CCCNC(=O)C1CCCN(S(=O)(=O)Nc2ccc(F)c(F)c2Nc2ccc(I)cc2F)C1. The third-order valence-corrected chi connectivity index (χ3v) is 7.33. The average Bonchev–Trinajstić information content (AvgIpc) is 2.78. The van der Waals surface area contributed by atoms with Crippen LogP contribution in [0.3, 0.4) is 0 Å². The molecule has 2 aromatic carbocycles. The molecule has 1 saturated heterocycles. The summed E-state index contributed by atoms with van der Waals surface area (Å²) < 4.78 is 72.8. The Balaban J connectivity index is 1.84. The first-order valence-corrected chi connectivity index (χ1v) is 12.9.